The third kappa shape index (κ3) is 5.95. The molecule has 0 bridgehead atoms. The van der Waals surface area contributed by atoms with E-state index >= 15 is 0 Å². The number of nitrogens with one attached hydrogen (secondary N) is 3. The molecule has 0 aliphatic carbocycles. The second-order valence-electron chi connectivity index (χ2n) is 6.21. The van der Waals surface area contributed by atoms with Crippen molar-refractivity contribution in [2.45, 2.75) is 6.18 Å². The van der Waals surface area contributed by atoms with Crippen LogP contribution in [0.5, 0.6) is 0 Å². The largest absolute Gasteiger partial charge is 0.418 e. The van der Waals surface area contributed by atoms with Crippen LogP contribution in [0.1, 0.15) is 5.56 Å². The number of hydrogen-bond donors (Lipinski definition) is 3. The van der Waals surface area contributed by atoms with E-state index < -0.39 is 17.8 Å². The van der Waals surface area contributed by atoms with Crippen molar-refractivity contribution in [2.75, 3.05) is 54.9 Å². The van der Waals surface area contributed by atoms with E-state index in [0.717, 1.165) is 25.0 Å². The Morgan fingerprint density at radius 3 is 2.66 bits per heavy atom. The average molecular weight is 410 g/mol. The molecular weight excluding hydrogens is 389 g/mol. The minimum atomic E-state index is -4.55. The Labute approximate surface area is 165 Å². The molecule has 0 spiro atoms. The molecule has 3 N–H and O–H groups in total. The zero-order valence-corrected chi connectivity index (χ0v) is 15.5. The molecule has 0 radical (unpaired) electrons. The van der Waals surface area contributed by atoms with Crippen molar-refractivity contribution in [1.29, 1.82) is 0 Å². The van der Waals surface area contributed by atoms with Gasteiger partial charge in [0.05, 0.1) is 24.5 Å². The number of amides is 2. The van der Waals surface area contributed by atoms with Crippen LogP contribution >= 0.6 is 0 Å². The van der Waals surface area contributed by atoms with Gasteiger partial charge in [-0.1, -0.05) is 12.1 Å². The maximum atomic E-state index is 13.0. The fourth-order valence-corrected chi connectivity index (χ4v) is 2.78. The molecule has 3 rings (SSSR count). The van der Waals surface area contributed by atoms with E-state index in [-0.39, 0.29) is 12.2 Å². The van der Waals surface area contributed by atoms with Gasteiger partial charge in [-0.15, -0.1) is 0 Å². The Bertz CT molecular complexity index is 827. The summed E-state index contributed by atoms with van der Waals surface area (Å²) in [5.41, 5.74) is -1.19. The lowest BCUT2D eigenvalue weighted by molar-refractivity contribution is -0.136. The van der Waals surface area contributed by atoms with Crippen LogP contribution in [0.15, 0.2) is 36.7 Å². The number of nitrogens with zero attached hydrogens (tertiary/aromatic N) is 3. The standard InChI is InChI=1S/C18H21F3N6O2/c19-18(20,21)13-3-1-2-4-14(13)26-17(28)23-6-5-22-15-11-16(25-12-24-15)27-7-9-29-10-8-27/h1-4,11-12H,5-10H2,(H,22,24,25)(H2,23,26,28). The normalized spacial score (nSPS) is 14.4. The number of alkyl halides is 3. The molecule has 1 aromatic carbocycles. The number of aromatic nitrogens is 2. The molecule has 2 heterocycles. The van der Waals surface area contributed by atoms with E-state index in [1.807, 2.05) is 0 Å². The number of morpholine rings is 1. The average Bonchev–Trinajstić information content (AvgIpc) is 2.72. The van der Waals surface area contributed by atoms with Gasteiger partial charge in [0.1, 0.15) is 18.0 Å². The Hall–Kier alpha value is -3.08. The van der Waals surface area contributed by atoms with Gasteiger partial charge < -0.3 is 25.6 Å². The molecule has 2 amide bonds. The first-order valence-corrected chi connectivity index (χ1v) is 9.03. The van der Waals surface area contributed by atoms with Crippen LogP contribution in [0, 0.1) is 0 Å². The second kappa shape index (κ2) is 9.41. The fourth-order valence-electron chi connectivity index (χ4n) is 2.78. The minimum absolute atomic E-state index is 0.191. The first-order valence-electron chi connectivity index (χ1n) is 9.03. The number of halogens is 3. The van der Waals surface area contributed by atoms with Crippen molar-refractivity contribution in [1.82, 2.24) is 15.3 Å². The maximum absolute atomic E-state index is 13.0. The number of benzene rings is 1. The number of ether oxygens (including phenoxy) is 1. The number of hydrogen-bond acceptors (Lipinski definition) is 6. The highest BCUT2D eigenvalue weighted by Crippen LogP contribution is 2.34. The van der Waals surface area contributed by atoms with Crippen LogP contribution in [-0.4, -0.2) is 55.4 Å². The fraction of sp³-hybridized carbons (Fsp3) is 0.389. The summed E-state index contributed by atoms with van der Waals surface area (Å²) < 4.78 is 44.2. The van der Waals surface area contributed by atoms with Crippen molar-refractivity contribution < 1.29 is 22.7 Å². The van der Waals surface area contributed by atoms with Gasteiger partial charge in [-0.2, -0.15) is 13.2 Å². The van der Waals surface area contributed by atoms with E-state index in [0.29, 0.717) is 25.6 Å². The van der Waals surface area contributed by atoms with Crippen LogP contribution in [0.4, 0.5) is 35.3 Å². The summed E-state index contributed by atoms with van der Waals surface area (Å²) in [6.45, 7) is 3.31. The number of carbonyl (C=O) groups excluding carboxylic acids is 1. The quantitative estimate of drug-likeness (QED) is 0.634. The third-order valence-corrected chi connectivity index (χ3v) is 4.19. The zero-order chi connectivity index (χ0) is 20.7. The van der Waals surface area contributed by atoms with Crippen LogP contribution in [0.25, 0.3) is 0 Å². The molecule has 1 aromatic heterocycles. The Morgan fingerprint density at radius 1 is 1.14 bits per heavy atom. The maximum Gasteiger partial charge on any atom is 0.418 e. The first-order chi connectivity index (χ1) is 13.9. The summed E-state index contributed by atoms with van der Waals surface area (Å²) in [5.74, 6) is 1.37. The van der Waals surface area contributed by atoms with Gasteiger partial charge in [-0.25, -0.2) is 14.8 Å². The third-order valence-electron chi connectivity index (χ3n) is 4.19. The molecule has 0 unspecified atom stereocenters. The number of para-hydroxylation sites is 1. The molecule has 1 fully saturated rings. The highest BCUT2D eigenvalue weighted by molar-refractivity contribution is 5.90. The number of carbonyl (C=O) groups is 1. The molecule has 11 heteroatoms. The monoisotopic (exact) mass is 410 g/mol. The number of rotatable bonds is 6. The van der Waals surface area contributed by atoms with Gasteiger partial charge in [-0.05, 0) is 12.1 Å². The lowest BCUT2D eigenvalue weighted by Gasteiger charge is -2.27. The van der Waals surface area contributed by atoms with Gasteiger partial charge in [0, 0.05) is 32.2 Å². The van der Waals surface area contributed by atoms with Crippen LogP contribution in [-0.2, 0) is 10.9 Å². The molecule has 156 valence electrons. The van der Waals surface area contributed by atoms with Crippen LogP contribution < -0.4 is 20.9 Å². The van der Waals surface area contributed by atoms with Crippen molar-refractivity contribution in [3.63, 3.8) is 0 Å². The molecule has 1 aliphatic rings. The van der Waals surface area contributed by atoms with E-state index in [2.05, 4.69) is 30.8 Å². The van der Waals surface area contributed by atoms with Crippen molar-refractivity contribution in [3.05, 3.63) is 42.2 Å². The van der Waals surface area contributed by atoms with E-state index in [4.69, 9.17) is 4.74 Å². The number of urea groups is 1. The second-order valence-corrected chi connectivity index (χ2v) is 6.21. The van der Waals surface area contributed by atoms with Crippen molar-refractivity contribution in [2.24, 2.45) is 0 Å². The Morgan fingerprint density at radius 2 is 1.90 bits per heavy atom. The summed E-state index contributed by atoms with van der Waals surface area (Å²) in [4.78, 5) is 22.4. The summed E-state index contributed by atoms with van der Waals surface area (Å²) >= 11 is 0. The molecule has 1 saturated heterocycles. The molecule has 0 atom stereocenters. The topological polar surface area (TPSA) is 91.4 Å². The lowest BCUT2D eigenvalue weighted by Crippen LogP contribution is -2.36. The van der Waals surface area contributed by atoms with E-state index in [1.54, 1.807) is 6.07 Å². The Balaban J connectivity index is 1.46. The predicted octanol–water partition coefficient (Wildman–Crippen LogP) is 2.57. The predicted molar refractivity (Wildman–Crippen MR) is 102 cm³/mol. The smallest absolute Gasteiger partial charge is 0.378 e. The van der Waals surface area contributed by atoms with Crippen LogP contribution in [0.3, 0.4) is 0 Å². The summed E-state index contributed by atoms with van der Waals surface area (Å²) in [6, 6.07) is 5.88. The zero-order valence-electron chi connectivity index (χ0n) is 15.5. The molecule has 29 heavy (non-hydrogen) atoms. The van der Waals surface area contributed by atoms with E-state index in [9.17, 15) is 18.0 Å². The highest BCUT2D eigenvalue weighted by Gasteiger charge is 2.33. The minimum Gasteiger partial charge on any atom is -0.378 e. The van der Waals surface area contributed by atoms with Gasteiger partial charge in [0.2, 0.25) is 0 Å². The van der Waals surface area contributed by atoms with Crippen molar-refractivity contribution in [3.8, 4) is 0 Å². The molecule has 1 aliphatic heterocycles. The summed E-state index contributed by atoms with van der Waals surface area (Å²) in [5, 5.41) is 7.78. The highest BCUT2D eigenvalue weighted by atomic mass is 19.4. The van der Waals surface area contributed by atoms with Crippen molar-refractivity contribution >= 4 is 23.4 Å². The van der Waals surface area contributed by atoms with Gasteiger partial charge in [0.25, 0.3) is 0 Å². The lowest BCUT2D eigenvalue weighted by atomic mass is 10.1. The number of anilines is 3. The summed E-state index contributed by atoms with van der Waals surface area (Å²) in [6.07, 6.45) is -3.10. The molecule has 8 nitrogen and oxygen atoms in total. The first kappa shape index (κ1) is 20.6. The van der Waals surface area contributed by atoms with Crippen LogP contribution in [0.2, 0.25) is 0 Å². The van der Waals surface area contributed by atoms with Gasteiger partial charge in [0.15, 0.2) is 0 Å². The molecule has 0 saturated carbocycles. The molecular formula is C18H21F3N6O2. The molecule has 2 aromatic rings. The van der Waals surface area contributed by atoms with Gasteiger partial charge >= 0.3 is 12.2 Å². The Kier molecular flexibility index (Phi) is 6.70. The van der Waals surface area contributed by atoms with E-state index in [1.165, 1.54) is 24.5 Å². The SMILES string of the molecule is O=C(NCCNc1cc(N2CCOCC2)ncn1)Nc1ccccc1C(F)(F)F. The summed E-state index contributed by atoms with van der Waals surface area (Å²) in [7, 11) is 0. The van der Waals surface area contributed by atoms with Gasteiger partial charge in [-0.3, -0.25) is 0 Å².